The minimum Gasteiger partial charge on any atom is -0.396 e. The Morgan fingerprint density at radius 1 is 1.22 bits per heavy atom. The average Bonchev–Trinajstić information content (AvgIpc) is 1.88. The largest absolute Gasteiger partial charge is 0.396 e. The van der Waals surface area contributed by atoms with Gasteiger partial charge in [-0.15, -0.1) is 0 Å². The fraction of sp³-hybridized carbons (Fsp3) is 0.714. The number of rotatable bonds is 4. The molecule has 0 saturated carbocycles. The molecule has 0 heterocycles. The van der Waals surface area contributed by atoms with Crippen LogP contribution in [0.1, 0.15) is 19.8 Å². The molecule has 0 aliphatic carbocycles. The van der Waals surface area contributed by atoms with Crippen LogP contribution in [0.2, 0.25) is 0 Å². The summed E-state index contributed by atoms with van der Waals surface area (Å²) >= 11 is 0. The minimum atomic E-state index is 0.180. The monoisotopic (exact) mass is 130 g/mol. The van der Waals surface area contributed by atoms with E-state index in [-0.39, 0.29) is 13.2 Å². The number of aliphatic hydroxyl groups is 2. The van der Waals surface area contributed by atoms with Gasteiger partial charge in [0.1, 0.15) is 0 Å². The lowest BCUT2D eigenvalue weighted by Gasteiger charge is -1.99. The molecule has 0 spiro atoms. The highest BCUT2D eigenvalue weighted by molar-refractivity contribution is 4.99. The summed E-state index contributed by atoms with van der Waals surface area (Å²) in [6.45, 7) is 2.28. The molecule has 0 aliphatic heterocycles. The predicted octanol–water partition coefficient (Wildman–Crippen LogP) is 0.698. The Bertz CT molecular complexity index is 78.9. The summed E-state index contributed by atoms with van der Waals surface area (Å²) in [5.41, 5.74) is 1.13. The van der Waals surface area contributed by atoms with Crippen LogP contribution in [0.15, 0.2) is 11.6 Å². The fourth-order valence-electron chi connectivity index (χ4n) is 0.701. The number of aliphatic hydroxyl groups excluding tert-OH is 2. The summed E-state index contributed by atoms with van der Waals surface area (Å²) in [5, 5.41) is 16.9. The van der Waals surface area contributed by atoms with Gasteiger partial charge < -0.3 is 10.2 Å². The Kier molecular flexibility index (Phi) is 5.57. The lowest BCUT2D eigenvalue weighted by Crippen LogP contribution is -1.91. The zero-order valence-electron chi connectivity index (χ0n) is 5.80. The molecule has 2 nitrogen and oxygen atoms in total. The van der Waals surface area contributed by atoms with E-state index >= 15 is 0 Å². The normalized spacial score (nSPS) is 9.22. The van der Waals surface area contributed by atoms with Crippen LogP contribution in [0.5, 0.6) is 0 Å². The molecule has 0 bridgehead atoms. The zero-order valence-corrected chi connectivity index (χ0v) is 5.80. The van der Waals surface area contributed by atoms with Crippen molar-refractivity contribution in [2.45, 2.75) is 19.8 Å². The maximum atomic E-state index is 8.47. The van der Waals surface area contributed by atoms with E-state index in [4.69, 9.17) is 10.2 Å². The van der Waals surface area contributed by atoms with Crippen LogP contribution in [0.4, 0.5) is 0 Å². The van der Waals surface area contributed by atoms with Gasteiger partial charge in [-0.05, 0) is 19.8 Å². The first-order valence-corrected chi connectivity index (χ1v) is 3.21. The van der Waals surface area contributed by atoms with Crippen LogP contribution in [0, 0.1) is 0 Å². The third-order valence-electron chi connectivity index (χ3n) is 1.27. The van der Waals surface area contributed by atoms with E-state index in [1.54, 1.807) is 0 Å². The molecule has 2 heteroatoms. The Morgan fingerprint density at radius 3 is 1.89 bits per heavy atom. The SMILES string of the molecule is CC=C(CCO)CCO. The van der Waals surface area contributed by atoms with Gasteiger partial charge in [0.05, 0.1) is 0 Å². The topological polar surface area (TPSA) is 40.5 Å². The molecule has 9 heavy (non-hydrogen) atoms. The van der Waals surface area contributed by atoms with Crippen molar-refractivity contribution in [3.63, 3.8) is 0 Å². The van der Waals surface area contributed by atoms with E-state index < -0.39 is 0 Å². The van der Waals surface area contributed by atoms with Gasteiger partial charge in [0.25, 0.3) is 0 Å². The molecular weight excluding hydrogens is 116 g/mol. The van der Waals surface area contributed by atoms with Gasteiger partial charge in [-0.3, -0.25) is 0 Å². The first-order chi connectivity index (χ1) is 4.35. The maximum Gasteiger partial charge on any atom is 0.0468 e. The van der Waals surface area contributed by atoms with Crippen molar-refractivity contribution < 1.29 is 10.2 Å². The summed E-state index contributed by atoms with van der Waals surface area (Å²) in [6.07, 6.45) is 3.32. The minimum absolute atomic E-state index is 0.180. The molecule has 0 aromatic heterocycles. The molecule has 0 radical (unpaired) electrons. The van der Waals surface area contributed by atoms with Crippen LogP contribution in [-0.2, 0) is 0 Å². The van der Waals surface area contributed by atoms with Gasteiger partial charge in [-0.1, -0.05) is 11.6 Å². The number of hydrogen-bond acceptors (Lipinski definition) is 2. The van der Waals surface area contributed by atoms with Gasteiger partial charge in [0.15, 0.2) is 0 Å². The smallest absolute Gasteiger partial charge is 0.0468 e. The molecular formula is C7H14O2. The van der Waals surface area contributed by atoms with Crippen LogP contribution in [0.3, 0.4) is 0 Å². The Balaban J connectivity index is 3.43. The van der Waals surface area contributed by atoms with Crippen LogP contribution < -0.4 is 0 Å². The zero-order chi connectivity index (χ0) is 7.11. The molecule has 0 unspecified atom stereocenters. The van der Waals surface area contributed by atoms with Gasteiger partial charge >= 0.3 is 0 Å². The van der Waals surface area contributed by atoms with Crippen molar-refractivity contribution in [3.8, 4) is 0 Å². The molecule has 0 aromatic rings. The Hall–Kier alpha value is -0.340. The second-order valence-corrected chi connectivity index (χ2v) is 1.89. The molecule has 54 valence electrons. The highest BCUT2D eigenvalue weighted by Crippen LogP contribution is 2.03. The third kappa shape index (κ3) is 4.18. The van der Waals surface area contributed by atoms with Crippen LogP contribution >= 0.6 is 0 Å². The summed E-state index contributed by atoms with van der Waals surface area (Å²) < 4.78 is 0. The summed E-state index contributed by atoms with van der Waals surface area (Å²) in [5.74, 6) is 0. The Morgan fingerprint density at radius 2 is 1.67 bits per heavy atom. The summed E-state index contributed by atoms with van der Waals surface area (Å²) in [6, 6.07) is 0. The highest BCUT2D eigenvalue weighted by atomic mass is 16.3. The second-order valence-electron chi connectivity index (χ2n) is 1.89. The quantitative estimate of drug-likeness (QED) is 0.550. The first kappa shape index (κ1) is 8.66. The van der Waals surface area contributed by atoms with Crippen LogP contribution in [-0.4, -0.2) is 23.4 Å². The lowest BCUT2D eigenvalue weighted by molar-refractivity contribution is 0.280. The molecule has 0 aromatic carbocycles. The van der Waals surface area contributed by atoms with Gasteiger partial charge in [0, 0.05) is 13.2 Å². The number of allylic oxidation sites excluding steroid dienone is 1. The lowest BCUT2D eigenvalue weighted by atomic mass is 10.1. The fourth-order valence-corrected chi connectivity index (χ4v) is 0.701. The maximum absolute atomic E-state index is 8.47. The van der Waals surface area contributed by atoms with E-state index in [0.29, 0.717) is 12.8 Å². The van der Waals surface area contributed by atoms with Crippen molar-refractivity contribution in [3.05, 3.63) is 11.6 Å². The third-order valence-corrected chi connectivity index (χ3v) is 1.27. The van der Waals surface area contributed by atoms with E-state index in [2.05, 4.69) is 0 Å². The standard InChI is InChI=1S/C7H14O2/c1-2-7(3-5-8)4-6-9/h2,8-9H,3-6H2,1H3. The first-order valence-electron chi connectivity index (χ1n) is 3.21. The van der Waals surface area contributed by atoms with Crippen molar-refractivity contribution in [1.82, 2.24) is 0 Å². The number of hydrogen-bond donors (Lipinski definition) is 2. The predicted molar refractivity (Wildman–Crippen MR) is 37.2 cm³/mol. The van der Waals surface area contributed by atoms with E-state index in [0.717, 1.165) is 5.57 Å². The van der Waals surface area contributed by atoms with Gasteiger partial charge in [-0.25, -0.2) is 0 Å². The molecule has 0 fully saturated rings. The van der Waals surface area contributed by atoms with Gasteiger partial charge in [0.2, 0.25) is 0 Å². The van der Waals surface area contributed by atoms with Crippen molar-refractivity contribution >= 4 is 0 Å². The molecule has 2 N–H and O–H groups in total. The van der Waals surface area contributed by atoms with Crippen LogP contribution in [0.25, 0.3) is 0 Å². The molecule has 0 atom stereocenters. The Labute approximate surface area is 55.8 Å². The van der Waals surface area contributed by atoms with E-state index in [9.17, 15) is 0 Å². The van der Waals surface area contributed by atoms with E-state index in [1.807, 2.05) is 13.0 Å². The molecule has 0 rings (SSSR count). The second kappa shape index (κ2) is 5.79. The summed E-state index contributed by atoms with van der Waals surface area (Å²) in [7, 11) is 0. The molecule has 0 aliphatic rings. The van der Waals surface area contributed by atoms with Crippen molar-refractivity contribution in [1.29, 1.82) is 0 Å². The summed E-state index contributed by atoms with van der Waals surface area (Å²) in [4.78, 5) is 0. The average molecular weight is 130 g/mol. The van der Waals surface area contributed by atoms with E-state index in [1.165, 1.54) is 0 Å². The van der Waals surface area contributed by atoms with Crippen molar-refractivity contribution in [2.75, 3.05) is 13.2 Å². The molecule has 0 saturated heterocycles. The van der Waals surface area contributed by atoms with Gasteiger partial charge in [-0.2, -0.15) is 0 Å². The molecule has 0 amide bonds. The van der Waals surface area contributed by atoms with Crippen molar-refractivity contribution in [2.24, 2.45) is 0 Å². The highest BCUT2D eigenvalue weighted by Gasteiger charge is 1.91.